The minimum atomic E-state index is -1.15. The van der Waals surface area contributed by atoms with E-state index in [1.165, 1.54) is 6.92 Å². The number of amides is 2. The second-order valence-electron chi connectivity index (χ2n) is 5.25. The van der Waals surface area contributed by atoms with Crippen molar-refractivity contribution in [3.8, 4) is 0 Å². The Bertz CT molecular complexity index is 716. The zero-order valence-corrected chi connectivity index (χ0v) is 13.1. The summed E-state index contributed by atoms with van der Waals surface area (Å²) in [6, 6.07) is 15.1. The number of benzene rings is 2. The molecule has 3 N–H and O–H groups in total. The fourth-order valence-electron chi connectivity index (χ4n) is 2.11. The Labute approximate surface area is 139 Å². The number of rotatable bonds is 6. The second kappa shape index (κ2) is 7.92. The smallest absolute Gasteiger partial charge is 0.325 e. The highest BCUT2D eigenvalue weighted by molar-refractivity contribution is 5.98. The van der Waals surface area contributed by atoms with Gasteiger partial charge in [0.15, 0.2) is 0 Å². The molecular weight excluding hydrogens is 308 g/mol. The molecular formula is C18H18N2O4. The fraction of sp³-hybridized carbons (Fsp3) is 0.167. The summed E-state index contributed by atoms with van der Waals surface area (Å²) in [6.07, 6.45) is 0. The number of carbonyl (C=O) groups is 3. The van der Waals surface area contributed by atoms with Crippen molar-refractivity contribution in [3.63, 3.8) is 0 Å². The molecule has 0 aliphatic rings. The molecule has 6 heteroatoms. The minimum absolute atomic E-state index is 0.414. The lowest BCUT2D eigenvalue weighted by Crippen LogP contribution is -2.46. The van der Waals surface area contributed by atoms with Crippen molar-refractivity contribution < 1.29 is 19.5 Å². The van der Waals surface area contributed by atoms with Crippen LogP contribution in [0.3, 0.4) is 0 Å². The second-order valence-corrected chi connectivity index (χ2v) is 5.25. The van der Waals surface area contributed by atoms with E-state index >= 15 is 0 Å². The van der Waals surface area contributed by atoms with Gasteiger partial charge in [-0.2, -0.15) is 0 Å². The van der Waals surface area contributed by atoms with Crippen LogP contribution in [0, 0.1) is 0 Å². The Balaban J connectivity index is 2.22. The molecule has 0 saturated heterocycles. The molecule has 2 atom stereocenters. The highest BCUT2D eigenvalue weighted by Gasteiger charge is 2.25. The van der Waals surface area contributed by atoms with Crippen LogP contribution >= 0.6 is 0 Å². The number of nitrogens with one attached hydrogen (secondary N) is 2. The first-order valence-corrected chi connectivity index (χ1v) is 7.43. The molecule has 2 rings (SSSR count). The van der Waals surface area contributed by atoms with E-state index in [2.05, 4.69) is 10.6 Å². The first-order valence-electron chi connectivity index (χ1n) is 7.43. The van der Waals surface area contributed by atoms with E-state index in [4.69, 9.17) is 5.11 Å². The molecule has 0 fully saturated rings. The van der Waals surface area contributed by atoms with Gasteiger partial charge in [-0.05, 0) is 24.6 Å². The van der Waals surface area contributed by atoms with Gasteiger partial charge in [0.1, 0.15) is 12.1 Å². The predicted molar refractivity (Wildman–Crippen MR) is 88.3 cm³/mol. The summed E-state index contributed by atoms with van der Waals surface area (Å²) in [6.45, 7) is 1.36. The molecule has 0 spiro atoms. The van der Waals surface area contributed by atoms with Gasteiger partial charge >= 0.3 is 5.97 Å². The van der Waals surface area contributed by atoms with Gasteiger partial charge in [0.25, 0.3) is 5.91 Å². The van der Waals surface area contributed by atoms with Crippen molar-refractivity contribution >= 4 is 17.8 Å². The van der Waals surface area contributed by atoms with Gasteiger partial charge in [0.05, 0.1) is 0 Å². The van der Waals surface area contributed by atoms with Gasteiger partial charge in [0, 0.05) is 5.56 Å². The van der Waals surface area contributed by atoms with Crippen LogP contribution in [0.5, 0.6) is 0 Å². The van der Waals surface area contributed by atoms with E-state index in [0.717, 1.165) is 0 Å². The normalized spacial score (nSPS) is 12.7. The van der Waals surface area contributed by atoms with Gasteiger partial charge in [-0.3, -0.25) is 14.4 Å². The Morgan fingerprint density at radius 1 is 0.875 bits per heavy atom. The largest absolute Gasteiger partial charge is 0.480 e. The van der Waals surface area contributed by atoms with Crippen LogP contribution in [0.15, 0.2) is 60.7 Å². The molecule has 0 aliphatic carbocycles. The van der Waals surface area contributed by atoms with Crippen LogP contribution in [0.2, 0.25) is 0 Å². The molecule has 0 saturated carbocycles. The monoisotopic (exact) mass is 326 g/mol. The summed E-state index contributed by atoms with van der Waals surface area (Å²) >= 11 is 0. The molecule has 0 radical (unpaired) electrons. The number of carboxylic acids is 1. The van der Waals surface area contributed by atoms with E-state index in [1.54, 1.807) is 60.7 Å². The zero-order valence-electron chi connectivity index (χ0n) is 13.1. The fourth-order valence-corrected chi connectivity index (χ4v) is 2.11. The number of hydrogen-bond acceptors (Lipinski definition) is 3. The van der Waals surface area contributed by atoms with Crippen molar-refractivity contribution in [2.24, 2.45) is 0 Å². The summed E-state index contributed by atoms with van der Waals surface area (Å²) in [5.74, 6) is -2.15. The molecule has 0 aliphatic heterocycles. The third-order valence-corrected chi connectivity index (χ3v) is 3.44. The van der Waals surface area contributed by atoms with E-state index < -0.39 is 29.9 Å². The lowest BCUT2D eigenvalue weighted by atomic mass is 10.0. The Morgan fingerprint density at radius 2 is 1.42 bits per heavy atom. The van der Waals surface area contributed by atoms with Crippen molar-refractivity contribution in [1.29, 1.82) is 0 Å². The maximum Gasteiger partial charge on any atom is 0.325 e. The van der Waals surface area contributed by atoms with Gasteiger partial charge in [-0.25, -0.2) is 0 Å². The van der Waals surface area contributed by atoms with Crippen LogP contribution in [-0.2, 0) is 9.59 Å². The molecule has 0 heterocycles. The number of hydrogen-bond donors (Lipinski definition) is 3. The van der Waals surface area contributed by atoms with Gasteiger partial charge in [0.2, 0.25) is 5.91 Å². The predicted octanol–water partition coefficient (Wildman–Crippen LogP) is 1.75. The van der Waals surface area contributed by atoms with Gasteiger partial charge < -0.3 is 15.7 Å². The van der Waals surface area contributed by atoms with E-state index in [1.807, 2.05) is 0 Å². The molecule has 24 heavy (non-hydrogen) atoms. The quantitative estimate of drug-likeness (QED) is 0.753. The molecule has 6 nitrogen and oxygen atoms in total. The maximum absolute atomic E-state index is 12.4. The van der Waals surface area contributed by atoms with Gasteiger partial charge in [-0.15, -0.1) is 0 Å². The Kier molecular flexibility index (Phi) is 5.68. The van der Waals surface area contributed by atoms with Gasteiger partial charge in [-0.1, -0.05) is 48.5 Å². The van der Waals surface area contributed by atoms with E-state index in [-0.39, 0.29) is 0 Å². The molecule has 124 valence electrons. The summed E-state index contributed by atoms with van der Waals surface area (Å²) in [7, 11) is 0. The average molecular weight is 326 g/mol. The molecule has 2 aromatic carbocycles. The molecule has 0 unspecified atom stereocenters. The van der Waals surface area contributed by atoms with Crippen LogP contribution in [-0.4, -0.2) is 28.9 Å². The molecule has 0 bridgehead atoms. The Morgan fingerprint density at radius 3 is 1.96 bits per heavy atom. The number of carboxylic acid groups (broad SMARTS) is 1. The summed E-state index contributed by atoms with van der Waals surface area (Å²) in [4.78, 5) is 35.7. The van der Waals surface area contributed by atoms with E-state index in [0.29, 0.717) is 11.1 Å². The average Bonchev–Trinajstić information content (AvgIpc) is 2.60. The lowest BCUT2D eigenvalue weighted by Gasteiger charge is -2.20. The molecule has 2 aromatic rings. The van der Waals surface area contributed by atoms with Crippen molar-refractivity contribution in [1.82, 2.24) is 10.6 Å². The SMILES string of the molecule is C[C@@H](NC(=O)[C@@H](NC(=O)c1ccccc1)c1ccccc1)C(=O)O. The standard InChI is InChI=1S/C18H18N2O4/c1-12(18(23)24)19-17(22)15(13-8-4-2-5-9-13)20-16(21)14-10-6-3-7-11-14/h2-12,15H,1H3,(H,19,22)(H,20,21)(H,23,24)/t12-,15+/m1/s1. The first kappa shape index (κ1) is 17.2. The van der Waals surface area contributed by atoms with Crippen LogP contribution in [0.25, 0.3) is 0 Å². The number of aliphatic carboxylic acids is 1. The number of carbonyl (C=O) groups excluding carboxylic acids is 2. The van der Waals surface area contributed by atoms with E-state index in [9.17, 15) is 14.4 Å². The van der Waals surface area contributed by atoms with Crippen LogP contribution < -0.4 is 10.6 Å². The van der Waals surface area contributed by atoms with Crippen molar-refractivity contribution in [2.45, 2.75) is 19.0 Å². The minimum Gasteiger partial charge on any atom is -0.480 e. The summed E-state index contributed by atoms with van der Waals surface area (Å²) in [5.41, 5.74) is 0.981. The highest BCUT2D eigenvalue weighted by atomic mass is 16.4. The first-order chi connectivity index (χ1) is 11.5. The van der Waals surface area contributed by atoms with Crippen LogP contribution in [0.1, 0.15) is 28.9 Å². The Hall–Kier alpha value is -3.15. The van der Waals surface area contributed by atoms with Crippen LogP contribution in [0.4, 0.5) is 0 Å². The summed E-state index contributed by atoms with van der Waals surface area (Å²) in [5, 5.41) is 14.0. The summed E-state index contributed by atoms with van der Waals surface area (Å²) < 4.78 is 0. The van der Waals surface area contributed by atoms with Crippen molar-refractivity contribution in [3.05, 3.63) is 71.8 Å². The maximum atomic E-state index is 12.4. The topological polar surface area (TPSA) is 95.5 Å². The zero-order chi connectivity index (χ0) is 17.5. The third-order valence-electron chi connectivity index (χ3n) is 3.44. The molecule has 2 amide bonds. The molecule has 0 aromatic heterocycles. The highest BCUT2D eigenvalue weighted by Crippen LogP contribution is 2.14. The third kappa shape index (κ3) is 4.42. The van der Waals surface area contributed by atoms with Crippen molar-refractivity contribution in [2.75, 3.05) is 0 Å². The lowest BCUT2D eigenvalue weighted by molar-refractivity contribution is -0.141.